The van der Waals surface area contributed by atoms with Gasteiger partial charge in [-0.2, -0.15) is 0 Å². The van der Waals surface area contributed by atoms with E-state index in [1.807, 2.05) is 30.3 Å². The summed E-state index contributed by atoms with van der Waals surface area (Å²) in [6.45, 7) is 1.08. The molecule has 0 saturated heterocycles. The Balaban J connectivity index is 1.95. The van der Waals surface area contributed by atoms with Gasteiger partial charge in [-0.1, -0.05) is 0 Å². The molecule has 0 unspecified atom stereocenters. The molecule has 2 N–H and O–H groups in total. The lowest BCUT2D eigenvalue weighted by Crippen LogP contribution is -2.03. The van der Waals surface area contributed by atoms with Gasteiger partial charge in [0, 0.05) is 31.4 Å². The van der Waals surface area contributed by atoms with Crippen molar-refractivity contribution in [3.05, 3.63) is 53.9 Å². The van der Waals surface area contributed by atoms with Gasteiger partial charge >= 0.3 is 0 Å². The first-order valence-corrected chi connectivity index (χ1v) is 6.21. The van der Waals surface area contributed by atoms with E-state index >= 15 is 0 Å². The molecule has 1 heterocycles. The molecular formula is C15H18N2O2. The molecule has 2 aromatic rings. The van der Waals surface area contributed by atoms with Gasteiger partial charge in [-0.15, -0.1) is 0 Å². The van der Waals surface area contributed by atoms with Crippen molar-refractivity contribution < 1.29 is 9.47 Å². The van der Waals surface area contributed by atoms with Crippen LogP contribution in [0.25, 0.3) is 0 Å². The topological polar surface area (TPSA) is 57.4 Å². The molecule has 0 saturated carbocycles. The van der Waals surface area contributed by atoms with Crippen molar-refractivity contribution in [2.75, 3.05) is 13.7 Å². The molecule has 0 radical (unpaired) electrons. The third-order valence-electron chi connectivity index (χ3n) is 2.82. The molecule has 0 amide bonds. The third kappa shape index (κ3) is 3.96. The van der Waals surface area contributed by atoms with Crippen LogP contribution in [0.3, 0.4) is 0 Å². The fourth-order valence-electron chi connectivity index (χ4n) is 1.79. The van der Waals surface area contributed by atoms with E-state index in [1.54, 1.807) is 19.5 Å². The van der Waals surface area contributed by atoms with Crippen molar-refractivity contribution in [2.24, 2.45) is 5.73 Å². The Morgan fingerprint density at radius 1 is 1.05 bits per heavy atom. The molecule has 4 nitrogen and oxygen atoms in total. The van der Waals surface area contributed by atoms with Gasteiger partial charge in [0.2, 0.25) is 0 Å². The van der Waals surface area contributed by atoms with Gasteiger partial charge < -0.3 is 15.2 Å². The van der Waals surface area contributed by atoms with Crippen LogP contribution in [-0.4, -0.2) is 18.7 Å². The summed E-state index contributed by atoms with van der Waals surface area (Å²) in [5.74, 6) is 1.55. The Labute approximate surface area is 113 Å². The van der Waals surface area contributed by atoms with Gasteiger partial charge in [0.25, 0.3) is 0 Å². The molecule has 4 heteroatoms. The summed E-state index contributed by atoms with van der Waals surface area (Å²) in [6, 6.07) is 9.69. The van der Waals surface area contributed by atoms with Crippen LogP contribution in [0.2, 0.25) is 0 Å². The first-order chi connectivity index (χ1) is 9.31. The van der Waals surface area contributed by atoms with Crippen molar-refractivity contribution >= 4 is 0 Å². The van der Waals surface area contributed by atoms with E-state index in [2.05, 4.69) is 4.98 Å². The Morgan fingerprint density at radius 2 is 1.79 bits per heavy atom. The second kappa shape index (κ2) is 6.75. The van der Waals surface area contributed by atoms with Gasteiger partial charge in [0.15, 0.2) is 0 Å². The fraction of sp³-hybridized carbons (Fsp3) is 0.267. The number of ether oxygens (including phenoxy) is 2. The maximum absolute atomic E-state index is 5.74. The Bertz CT molecular complexity index is 493. The summed E-state index contributed by atoms with van der Waals surface area (Å²) >= 11 is 0. The molecule has 0 aliphatic rings. The van der Waals surface area contributed by atoms with Crippen LogP contribution in [-0.2, 0) is 13.0 Å². The summed E-state index contributed by atoms with van der Waals surface area (Å²) in [5.41, 5.74) is 7.85. The molecule has 2 rings (SSSR count). The molecular weight excluding hydrogens is 240 g/mol. The average molecular weight is 258 g/mol. The molecule has 1 aromatic carbocycles. The number of pyridine rings is 1. The summed E-state index contributed by atoms with van der Waals surface area (Å²) in [5, 5.41) is 0. The minimum Gasteiger partial charge on any atom is -0.497 e. The van der Waals surface area contributed by atoms with Gasteiger partial charge in [0.1, 0.15) is 11.5 Å². The predicted octanol–water partition coefficient (Wildman–Crippen LogP) is 2.17. The van der Waals surface area contributed by atoms with Crippen LogP contribution in [0, 0.1) is 0 Å². The van der Waals surface area contributed by atoms with E-state index in [1.165, 1.54) is 5.56 Å². The number of benzene rings is 1. The minimum atomic E-state index is 0.470. The molecule has 0 bridgehead atoms. The quantitative estimate of drug-likeness (QED) is 0.862. The SMILES string of the molecule is COc1cc(CN)cc(OCCc2ccncc2)c1. The predicted molar refractivity (Wildman–Crippen MR) is 74.3 cm³/mol. The maximum Gasteiger partial charge on any atom is 0.123 e. The van der Waals surface area contributed by atoms with Crippen LogP contribution in [0.5, 0.6) is 11.5 Å². The third-order valence-corrected chi connectivity index (χ3v) is 2.82. The summed E-state index contributed by atoms with van der Waals surface area (Å²) < 4.78 is 11.0. The molecule has 0 aliphatic carbocycles. The summed E-state index contributed by atoms with van der Waals surface area (Å²) in [4.78, 5) is 3.99. The van der Waals surface area contributed by atoms with Crippen molar-refractivity contribution in [3.8, 4) is 11.5 Å². The highest BCUT2D eigenvalue weighted by Crippen LogP contribution is 2.22. The zero-order chi connectivity index (χ0) is 13.5. The highest BCUT2D eigenvalue weighted by atomic mass is 16.5. The summed E-state index contributed by atoms with van der Waals surface area (Å²) in [7, 11) is 1.64. The zero-order valence-corrected chi connectivity index (χ0v) is 11.0. The van der Waals surface area contributed by atoms with Gasteiger partial charge in [-0.25, -0.2) is 0 Å². The molecule has 100 valence electrons. The standard InChI is InChI=1S/C15H18N2O2/c1-18-14-8-13(11-16)9-15(10-14)19-7-4-12-2-5-17-6-3-12/h2-3,5-6,8-10H,4,7,11,16H2,1H3. The van der Waals surface area contributed by atoms with Gasteiger partial charge in [0.05, 0.1) is 13.7 Å². The smallest absolute Gasteiger partial charge is 0.123 e. The Morgan fingerprint density at radius 3 is 2.47 bits per heavy atom. The van der Waals surface area contributed by atoms with Crippen LogP contribution < -0.4 is 15.2 Å². The van der Waals surface area contributed by atoms with Crippen LogP contribution in [0.4, 0.5) is 0 Å². The second-order valence-electron chi connectivity index (χ2n) is 4.17. The first-order valence-electron chi connectivity index (χ1n) is 6.21. The number of methoxy groups -OCH3 is 1. The average Bonchev–Trinajstić information content (AvgIpc) is 2.48. The first kappa shape index (κ1) is 13.4. The monoisotopic (exact) mass is 258 g/mol. The van der Waals surface area contributed by atoms with Crippen LogP contribution in [0.1, 0.15) is 11.1 Å². The van der Waals surface area contributed by atoms with Crippen LogP contribution >= 0.6 is 0 Å². The lowest BCUT2D eigenvalue weighted by atomic mass is 10.2. The van der Waals surface area contributed by atoms with Crippen molar-refractivity contribution in [3.63, 3.8) is 0 Å². The Hall–Kier alpha value is -2.07. The number of hydrogen-bond donors (Lipinski definition) is 1. The van der Waals surface area contributed by atoms with Crippen molar-refractivity contribution in [2.45, 2.75) is 13.0 Å². The zero-order valence-electron chi connectivity index (χ0n) is 11.0. The molecule has 0 atom stereocenters. The lowest BCUT2D eigenvalue weighted by Gasteiger charge is -2.10. The largest absolute Gasteiger partial charge is 0.497 e. The van der Waals surface area contributed by atoms with E-state index in [4.69, 9.17) is 15.2 Å². The number of hydrogen-bond acceptors (Lipinski definition) is 4. The van der Waals surface area contributed by atoms with E-state index in [9.17, 15) is 0 Å². The Kier molecular flexibility index (Phi) is 4.75. The molecule has 1 aromatic heterocycles. The number of nitrogens with two attached hydrogens (primary N) is 1. The van der Waals surface area contributed by atoms with Gasteiger partial charge in [-0.3, -0.25) is 4.98 Å². The van der Waals surface area contributed by atoms with E-state index < -0.39 is 0 Å². The number of rotatable bonds is 6. The van der Waals surface area contributed by atoms with Crippen molar-refractivity contribution in [1.29, 1.82) is 0 Å². The molecule has 0 fully saturated rings. The second-order valence-corrected chi connectivity index (χ2v) is 4.17. The molecule has 0 spiro atoms. The highest BCUT2D eigenvalue weighted by Gasteiger charge is 2.02. The fourth-order valence-corrected chi connectivity index (χ4v) is 1.79. The highest BCUT2D eigenvalue weighted by molar-refractivity contribution is 5.38. The normalized spacial score (nSPS) is 10.2. The van der Waals surface area contributed by atoms with E-state index in [-0.39, 0.29) is 0 Å². The minimum absolute atomic E-state index is 0.470. The van der Waals surface area contributed by atoms with Crippen molar-refractivity contribution in [1.82, 2.24) is 4.98 Å². The van der Waals surface area contributed by atoms with E-state index in [0.717, 1.165) is 23.5 Å². The van der Waals surface area contributed by atoms with Crippen LogP contribution in [0.15, 0.2) is 42.7 Å². The number of aromatic nitrogens is 1. The maximum atomic E-state index is 5.74. The summed E-state index contributed by atoms with van der Waals surface area (Å²) in [6.07, 6.45) is 4.42. The molecule has 0 aliphatic heterocycles. The molecule has 19 heavy (non-hydrogen) atoms. The lowest BCUT2D eigenvalue weighted by molar-refractivity contribution is 0.318. The van der Waals surface area contributed by atoms with E-state index in [0.29, 0.717) is 13.2 Å². The number of nitrogens with zero attached hydrogens (tertiary/aromatic N) is 1. The van der Waals surface area contributed by atoms with Gasteiger partial charge in [-0.05, 0) is 35.4 Å².